The van der Waals surface area contributed by atoms with Crippen LogP contribution in [0.4, 0.5) is 0 Å². The van der Waals surface area contributed by atoms with Crippen molar-refractivity contribution in [1.29, 1.82) is 0 Å². The quantitative estimate of drug-likeness (QED) is 0.864. The summed E-state index contributed by atoms with van der Waals surface area (Å²) in [5.41, 5.74) is 0.409. The van der Waals surface area contributed by atoms with E-state index in [0.29, 0.717) is 23.6 Å². The molecule has 0 saturated heterocycles. The summed E-state index contributed by atoms with van der Waals surface area (Å²) in [6.07, 6.45) is 10.4. The summed E-state index contributed by atoms with van der Waals surface area (Å²) in [4.78, 5) is 4.00. The van der Waals surface area contributed by atoms with Crippen molar-refractivity contribution < 1.29 is 4.74 Å². The first-order valence-electron chi connectivity index (χ1n) is 7.94. The molecule has 2 fully saturated rings. The molecular formula is C15H26N4O. The lowest BCUT2D eigenvalue weighted by atomic mass is 9.60. The smallest absolute Gasteiger partial charge is 0.137 e. The van der Waals surface area contributed by atoms with Gasteiger partial charge in [-0.1, -0.05) is 12.8 Å². The van der Waals surface area contributed by atoms with Crippen LogP contribution in [0.15, 0.2) is 12.7 Å². The topological polar surface area (TPSA) is 52.0 Å². The predicted molar refractivity (Wildman–Crippen MR) is 77.3 cm³/mol. The normalized spacial score (nSPS) is 29.5. The van der Waals surface area contributed by atoms with Gasteiger partial charge in [0.05, 0.1) is 12.6 Å². The Labute approximate surface area is 121 Å². The van der Waals surface area contributed by atoms with Gasteiger partial charge >= 0.3 is 0 Å². The van der Waals surface area contributed by atoms with Gasteiger partial charge in [0.15, 0.2) is 0 Å². The van der Waals surface area contributed by atoms with Crippen LogP contribution in [0.2, 0.25) is 0 Å². The van der Waals surface area contributed by atoms with E-state index in [4.69, 9.17) is 4.74 Å². The highest BCUT2D eigenvalue weighted by Gasteiger charge is 2.56. The summed E-state index contributed by atoms with van der Waals surface area (Å²) < 4.78 is 7.87. The fourth-order valence-corrected chi connectivity index (χ4v) is 4.12. The molecular weight excluding hydrogens is 252 g/mol. The van der Waals surface area contributed by atoms with Gasteiger partial charge in [-0.2, -0.15) is 5.10 Å². The lowest BCUT2D eigenvalue weighted by Crippen LogP contribution is -2.64. The van der Waals surface area contributed by atoms with Gasteiger partial charge in [-0.05, 0) is 33.1 Å². The van der Waals surface area contributed by atoms with Gasteiger partial charge in [-0.15, -0.1) is 0 Å². The van der Waals surface area contributed by atoms with E-state index in [1.54, 1.807) is 12.7 Å². The van der Waals surface area contributed by atoms with Crippen LogP contribution in [0.3, 0.4) is 0 Å². The molecule has 0 aliphatic heterocycles. The number of ether oxygens (including phenoxy) is 1. The van der Waals surface area contributed by atoms with Crippen molar-refractivity contribution in [3.63, 3.8) is 0 Å². The van der Waals surface area contributed by atoms with Crippen LogP contribution in [0, 0.1) is 5.41 Å². The molecule has 5 heteroatoms. The molecule has 1 aromatic heterocycles. The average Bonchev–Trinajstić information content (AvgIpc) is 3.09. The van der Waals surface area contributed by atoms with Crippen LogP contribution in [-0.2, 0) is 11.3 Å². The van der Waals surface area contributed by atoms with Gasteiger partial charge in [-0.3, -0.25) is 4.68 Å². The molecule has 1 N–H and O–H groups in total. The highest BCUT2D eigenvalue weighted by atomic mass is 16.5. The van der Waals surface area contributed by atoms with Gasteiger partial charge in [0, 0.05) is 24.1 Å². The van der Waals surface area contributed by atoms with Crippen molar-refractivity contribution in [2.45, 2.75) is 70.7 Å². The van der Waals surface area contributed by atoms with Crippen molar-refractivity contribution in [3.8, 4) is 0 Å². The molecule has 3 atom stereocenters. The maximum absolute atomic E-state index is 5.97. The van der Waals surface area contributed by atoms with Crippen molar-refractivity contribution >= 4 is 0 Å². The van der Waals surface area contributed by atoms with Crippen LogP contribution < -0.4 is 5.32 Å². The monoisotopic (exact) mass is 278 g/mol. The maximum Gasteiger partial charge on any atom is 0.137 e. The van der Waals surface area contributed by atoms with Crippen LogP contribution in [0.5, 0.6) is 0 Å². The minimum Gasteiger partial charge on any atom is -0.378 e. The fourth-order valence-electron chi connectivity index (χ4n) is 4.12. The highest BCUT2D eigenvalue weighted by Crippen LogP contribution is 2.54. The zero-order valence-electron chi connectivity index (χ0n) is 12.6. The van der Waals surface area contributed by atoms with Crippen molar-refractivity contribution in [1.82, 2.24) is 20.1 Å². The van der Waals surface area contributed by atoms with E-state index >= 15 is 0 Å². The number of hydrogen-bond donors (Lipinski definition) is 1. The second kappa shape index (κ2) is 5.82. The molecule has 0 radical (unpaired) electrons. The first kappa shape index (κ1) is 14.0. The molecule has 5 nitrogen and oxygen atoms in total. The molecule has 0 bridgehead atoms. The average molecular weight is 278 g/mol. The molecule has 0 amide bonds. The van der Waals surface area contributed by atoms with Crippen molar-refractivity contribution in [3.05, 3.63) is 12.7 Å². The molecule has 1 spiro atoms. The Balaban J connectivity index is 1.57. The van der Waals surface area contributed by atoms with Gasteiger partial charge in [0.1, 0.15) is 12.7 Å². The molecule has 1 heterocycles. The van der Waals surface area contributed by atoms with Gasteiger partial charge in [0.25, 0.3) is 0 Å². The van der Waals surface area contributed by atoms with Crippen LogP contribution in [0.1, 0.15) is 46.0 Å². The fraction of sp³-hybridized carbons (Fsp3) is 0.867. The number of hydrogen-bond acceptors (Lipinski definition) is 4. The van der Waals surface area contributed by atoms with Crippen molar-refractivity contribution in [2.75, 3.05) is 6.61 Å². The molecule has 2 aliphatic carbocycles. The molecule has 3 rings (SSSR count). The second-order valence-electron chi connectivity index (χ2n) is 6.36. The van der Waals surface area contributed by atoms with E-state index in [0.717, 1.165) is 19.6 Å². The first-order valence-corrected chi connectivity index (χ1v) is 7.94. The van der Waals surface area contributed by atoms with Gasteiger partial charge in [-0.25, -0.2) is 4.98 Å². The number of rotatable bonds is 6. The summed E-state index contributed by atoms with van der Waals surface area (Å²) in [6, 6.07) is 1.03. The lowest BCUT2D eigenvalue weighted by Gasteiger charge is -2.55. The van der Waals surface area contributed by atoms with E-state index in [2.05, 4.69) is 29.2 Å². The molecule has 2 saturated carbocycles. The molecule has 112 valence electrons. The molecule has 0 unspecified atom stereocenters. The van der Waals surface area contributed by atoms with E-state index in [-0.39, 0.29) is 0 Å². The second-order valence-corrected chi connectivity index (χ2v) is 6.36. The Morgan fingerprint density at radius 3 is 2.90 bits per heavy atom. The third-order valence-electron chi connectivity index (χ3n) is 5.10. The summed E-state index contributed by atoms with van der Waals surface area (Å²) >= 11 is 0. The van der Waals surface area contributed by atoms with Gasteiger partial charge < -0.3 is 10.1 Å². The van der Waals surface area contributed by atoms with Crippen molar-refractivity contribution in [2.24, 2.45) is 5.41 Å². The summed E-state index contributed by atoms with van der Waals surface area (Å²) in [5.74, 6) is 0. The Kier molecular flexibility index (Phi) is 4.08. The van der Waals surface area contributed by atoms with Gasteiger partial charge in [0.2, 0.25) is 0 Å². The maximum atomic E-state index is 5.97. The zero-order chi connectivity index (χ0) is 14.0. The third-order valence-corrected chi connectivity index (χ3v) is 5.10. The van der Waals surface area contributed by atoms with Crippen LogP contribution in [-0.4, -0.2) is 39.6 Å². The predicted octanol–water partition coefficient (Wildman–Crippen LogP) is 1.99. The van der Waals surface area contributed by atoms with E-state index in [9.17, 15) is 0 Å². The largest absolute Gasteiger partial charge is 0.378 e. The Morgan fingerprint density at radius 1 is 1.45 bits per heavy atom. The van der Waals surface area contributed by atoms with E-state index in [1.165, 1.54) is 25.7 Å². The summed E-state index contributed by atoms with van der Waals surface area (Å²) in [5, 5.41) is 7.99. The molecule has 0 aromatic carbocycles. The first-order chi connectivity index (χ1) is 9.74. The zero-order valence-corrected chi connectivity index (χ0v) is 12.6. The molecule has 20 heavy (non-hydrogen) atoms. The molecule has 2 aliphatic rings. The standard InChI is InChI=1S/C15H26N4O/c1-3-20-14-8-13(15(14)6-4-5-7-15)18-12(2)9-19-11-16-10-17-19/h10-14,18H,3-9H2,1-2H3/t12-,13-,14-/m1/s1. The lowest BCUT2D eigenvalue weighted by molar-refractivity contribution is -0.132. The Bertz CT molecular complexity index is 414. The van der Waals surface area contributed by atoms with E-state index < -0.39 is 0 Å². The number of nitrogens with zero attached hydrogens (tertiary/aromatic N) is 3. The third kappa shape index (κ3) is 2.49. The number of nitrogens with one attached hydrogen (secondary N) is 1. The number of aromatic nitrogens is 3. The minimum absolute atomic E-state index is 0.409. The summed E-state index contributed by atoms with van der Waals surface area (Å²) in [6.45, 7) is 6.06. The van der Waals surface area contributed by atoms with Crippen LogP contribution in [0.25, 0.3) is 0 Å². The minimum atomic E-state index is 0.409. The Morgan fingerprint density at radius 2 is 2.25 bits per heavy atom. The molecule has 1 aromatic rings. The highest BCUT2D eigenvalue weighted by molar-refractivity contribution is 5.10. The summed E-state index contributed by atoms with van der Waals surface area (Å²) in [7, 11) is 0. The Hall–Kier alpha value is -0.940. The van der Waals surface area contributed by atoms with E-state index in [1.807, 2.05) is 4.68 Å². The van der Waals surface area contributed by atoms with Crippen LogP contribution >= 0.6 is 0 Å². The SMILES string of the molecule is CCO[C@@H]1C[C@@H](N[C@H](C)Cn2cncn2)C12CCCC2.